The van der Waals surface area contributed by atoms with E-state index in [0.717, 1.165) is 18.4 Å². The third kappa shape index (κ3) is 5.71. The molecule has 0 saturated heterocycles. The second-order valence-corrected chi connectivity index (χ2v) is 14.1. The average molecular weight is 423 g/mol. The van der Waals surface area contributed by atoms with E-state index >= 15 is 0 Å². The Morgan fingerprint density at radius 3 is 1.97 bits per heavy atom. The van der Waals surface area contributed by atoms with Crippen molar-refractivity contribution < 1.29 is 23.5 Å². The molecule has 164 valence electrons. The predicted molar refractivity (Wildman–Crippen MR) is 118 cm³/mol. The number of carbonyl (C=O) groups is 2. The minimum Gasteiger partial charge on any atom is -0.468 e. The third-order valence-electron chi connectivity index (χ3n) is 6.32. The highest BCUT2D eigenvalue weighted by molar-refractivity contribution is 6.74. The van der Waals surface area contributed by atoms with Gasteiger partial charge in [0.15, 0.2) is 13.7 Å². The molecular formula is C23H38O5Si. The Kier molecular flexibility index (Phi) is 8.29. The molecule has 0 aromatic rings. The fourth-order valence-electron chi connectivity index (χ4n) is 3.09. The molecule has 0 spiro atoms. The first kappa shape index (κ1) is 25.4. The van der Waals surface area contributed by atoms with Crippen LogP contribution in [0.15, 0.2) is 29.5 Å². The molecule has 0 amide bonds. The molecule has 0 N–H and O–H groups in total. The van der Waals surface area contributed by atoms with Crippen LogP contribution >= 0.6 is 0 Å². The van der Waals surface area contributed by atoms with E-state index in [1.165, 1.54) is 14.2 Å². The van der Waals surface area contributed by atoms with Gasteiger partial charge in [0.1, 0.15) is 0 Å². The normalized spacial score (nSPS) is 16.5. The molecule has 1 saturated carbocycles. The molecular weight excluding hydrogens is 384 g/mol. The van der Waals surface area contributed by atoms with E-state index < -0.39 is 25.7 Å². The van der Waals surface area contributed by atoms with Crippen molar-refractivity contribution in [1.29, 1.82) is 0 Å². The number of esters is 2. The van der Waals surface area contributed by atoms with Gasteiger partial charge in [-0.1, -0.05) is 26.8 Å². The van der Waals surface area contributed by atoms with Crippen LogP contribution < -0.4 is 0 Å². The van der Waals surface area contributed by atoms with Gasteiger partial charge in [0.05, 0.1) is 19.8 Å². The first-order valence-electron chi connectivity index (χ1n) is 10.2. The molecule has 0 bridgehead atoms. The fourth-order valence-corrected chi connectivity index (χ4v) is 4.74. The van der Waals surface area contributed by atoms with Crippen molar-refractivity contribution in [1.82, 2.24) is 0 Å². The summed E-state index contributed by atoms with van der Waals surface area (Å²) in [6.45, 7) is 15.0. The summed E-state index contributed by atoms with van der Waals surface area (Å²) in [4.78, 5) is 25.3. The van der Waals surface area contributed by atoms with Gasteiger partial charge in [-0.25, -0.2) is 0 Å². The molecule has 1 aliphatic rings. The van der Waals surface area contributed by atoms with Crippen molar-refractivity contribution in [2.75, 3.05) is 14.2 Å². The lowest BCUT2D eigenvalue weighted by molar-refractivity contribution is -0.168. The van der Waals surface area contributed by atoms with Crippen LogP contribution in [-0.4, -0.2) is 40.1 Å². The van der Waals surface area contributed by atoms with Crippen LogP contribution in [0.25, 0.3) is 0 Å². The quantitative estimate of drug-likeness (QED) is 0.165. The second-order valence-electron chi connectivity index (χ2n) is 9.38. The molecule has 0 aromatic heterocycles. The largest absolute Gasteiger partial charge is 0.468 e. The number of carbonyl (C=O) groups excluding carboxylic acids is 2. The van der Waals surface area contributed by atoms with Crippen molar-refractivity contribution in [2.45, 2.75) is 84.0 Å². The van der Waals surface area contributed by atoms with Crippen molar-refractivity contribution in [3.63, 3.8) is 0 Å². The Morgan fingerprint density at radius 1 is 1.07 bits per heavy atom. The van der Waals surface area contributed by atoms with Gasteiger partial charge < -0.3 is 13.9 Å². The van der Waals surface area contributed by atoms with Crippen LogP contribution in [0.1, 0.15) is 60.3 Å². The summed E-state index contributed by atoms with van der Waals surface area (Å²) in [6, 6.07) is 0. The number of rotatable bonds is 9. The van der Waals surface area contributed by atoms with E-state index in [2.05, 4.69) is 39.6 Å². The summed E-state index contributed by atoms with van der Waals surface area (Å²) in [6.07, 6.45) is 7.65. The Hall–Kier alpha value is -1.62. The number of hydrogen-bond donors (Lipinski definition) is 0. The molecule has 5 nitrogen and oxygen atoms in total. The van der Waals surface area contributed by atoms with E-state index in [-0.39, 0.29) is 23.5 Å². The fraction of sp³-hybridized carbons (Fsp3) is 0.696. The van der Waals surface area contributed by atoms with Gasteiger partial charge >= 0.3 is 11.9 Å². The lowest BCUT2D eigenvalue weighted by Gasteiger charge is -2.40. The maximum Gasteiger partial charge on any atom is 0.323 e. The molecule has 0 atom stereocenters. The topological polar surface area (TPSA) is 61.8 Å². The highest BCUT2D eigenvalue weighted by Crippen LogP contribution is 2.52. The molecule has 0 heterocycles. The molecule has 0 aliphatic heterocycles. The van der Waals surface area contributed by atoms with Crippen LogP contribution in [0.5, 0.6) is 0 Å². The number of methoxy groups -OCH3 is 2. The summed E-state index contributed by atoms with van der Waals surface area (Å²) < 4.78 is 16.7. The SMILES string of the molecule is CC=C=CCC(C/C=C(/C)C1(O[Si](C)(C)C(C)(C)C)CC1)(C(=O)OC)C(=O)OC. The minimum absolute atomic E-state index is 0.113. The van der Waals surface area contributed by atoms with Crippen LogP contribution in [-0.2, 0) is 23.5 Å². The van der Waals surface area contributed by atoms with Crippen molar-refractivity contribution in [3.05, 3.63) is 29.5 Å². The molecule has 0 unspecified atom stereocenters. The number of hydrogen-bond acceptors (Lipinski definition) is 5. The van der Waals surface area contributed by atoms with Crippen LogP contribution in [0.4, 0.5) is 0 Å². The molecule has 0 radical (unpaired) electrons. The Bertz CT molecular complexity index is 685. The summed E-state index contributed by atoms with van der Waals surface area (Å²) in [7, 11) is 0.638. The second kappa shape index (κ2) is 9.46. The maximum absolute atomic E-state index is 12.6. The van der Waals surface area contributed by atoms with Gasteiger partial charge in [-0.3, -0.25) is 9.59 Å². The summed E-state index contributed by atoms with van der Waals surface area (Å²) in [5.41, 5.74) is 2.30. The number of ether oxygens (including phenoxy) is 2. The lowest BCUT2D eigenvalue weighted by atomic mass is 9.80. The van der Waals surface area contributed by atoms with E-state index in [1.807, 2.05) is 19.9 Å². The Labute approximate surface area is 177 Å². The molecule has 1 aliphatic carbocycles. The predicted octanol–water partition coefficient (Wildman–Crippen LogP) is 5.33. The van der Waals surface area contributed by atoms with Gasteiger partial charge in [-0.2, -0.15) is 0 Å². The van der Waals surface area contributed by atoms with Crippen LogP contribution in [0.3, 0.4) is 0 Å². The minimum atomic E-state index is -1.94. The monoisotopic (exact) mass is 422 g/mol. The van der Waals surface area contributed by atoms with E-state index in [0.29, 0.717) is 0 Å². The zero-order valence-electron chi connectivity index (χ0n) is 19.6. The van der Waals surface area contributed by atoms with Gasteiger partial charge in [0.2, 0.25) is 0 Å². The standard InChI is InChI=1S/C23H38O5Si/c1-10-11-12-14-22(19(24)26-6,20(25)27-7)15-13-18(2)23(16-17-23)28-29(8,9)21(3,4)5/h10,12-13H,14-17H2,1-9H3/b18-13-. The van der Waals surface area contributed by atoms with Crippen LogP contribution in [0, 0.1) is 5.41 Å². The first-order valence-corrected chi connectivity index (χ1v) is 13.1. The summed E-state index contributed by atoms with van der Waals surface area (Å²) in [5.74, 6) is -1.20. The highest BCUT2D eigenvalue weighted by Gasteiger charge is 2.53. The van der Waals surface area contributed by atoms with E-state index in [1.54, 1.807) is 12.2 Å². The zero-order chi connectivity index (χ0) is 22.5. The smallest absolute Gasteiger partial charge is 0.323 e. The molecule has 0 aromatic carbocycles. The van der Waals surface area contributed by atoms with Crippen molar-refractivity contribution in [3.8, 4) is 0 Å². The third-order valence-corrected chi connectivity index (χ3v) is 10.8. The highest BCUT2D eigenvalue weighted by atomic mass is 28.4. The lowest BCUT2D eigenvalue weighted by Crippen LogP contribution is -2.45. The van der Waals surface area contributed by atoms with E-state index in [9.17, 15) is 9.59 Å². The molecule has 1 fully saturated rings. The zero-order valence-corrected chi connectivity index (χ0v) is 20.6. The van der Waals surface area contributed by atoms with Crippen LogP contribution in [0.2, 0.25) is 18.1 Å². The van der Waals surface area contributed by atoms with Crippen molar-refractivity contribution >= 4 is 20.3 Å². The summed E-state index contributed by atoms with van der Waals surface area (Å²) >= 11 is 0. The molecule has 29 heavy (non-hydrogen) atoms. The molecule has 1 rings (SSSR count). The van der Waals surface area contributed by atoms with Crippen molar-refractivity contribution in [2.24, 2.45) is 5.41 Å². The number of allylic oxidation sites excluding steroid dienone is 2. The van der Waals surface area contributed by atoms with Gasteiger partial charge in [-0.15, -0.1) is 5.73 Å². The Morgan fingerprint density at radius 2 is 1.59 bits per heavy atom. The maximum atomic E-state index is 12.6. The van der Waals surface area contributed by atoms with Gasteiger partial charge in [-0.05, 0) is 75.4 Å². The average Bonchev–Trinajstić information content (AvgIpc) is 3.42. The first-order chi connectivity index (χ1) is 13.3. The van der Waals surface area contributed by atoms with E-state index in [4.69, 9.17) is 13.9 Å². The van der Waals surface area contributed by atoms with Gasteiger partial charge in [0.25, 0.3) is 0 Å². The molecule has 6 heteroatoms. The summed E-state index contributed by atoms with van der Waals surface area (Å²) in [5, 5.41) is 0.113. The van der Waals surface area contributed by atoms with Gasteiger partial charge in [0, 0.05) is 0 Å². The Balaban J connectivity index is 3.22.